The molecule has 7 atom stereocenters. The predicted molar refractivity (Wildman–Crippen MR) is 203 cm³/mol. The first-order valence-corrected chi connectivity index (χ1v) is 20.9. The van der Waals surface area contributed by atoms with Gasteiger partial charge >= 0.3 is 5.97 Å². The number of allylic oxidation sites excluding steroid dienone is 1. The number of unbranched alkanes of at least 4 members (excludes halogenated alkanes) is 3. The van der Waals surface area contributed by atoms with Crippen LogP contribution in [0.1, 0.15) is 156 Å². The van der Waals surface area contributed by atoms with Gasteiger partial charge in [-0.3, -0.25) is 9.59 Å². The van der Waals surface area contributed by atoms with Gasteiger partial charge in [0.2, 0.25) is 5.91 Å². The Kier molecular flexibility index (Phi) is 16.4. The third kappa shape index (κ3) is 11.0. The van der Waals surface area contributed by atoms with E-state index in [-0.39, 0.29) is 23.4 Å². The number of rotatable bonds is 22. The van der Waals surface area contributed by atoms with E-state index in [1.165, 1.54) is 57.8 Å². The Labute approximate surface area is 300 Å². The maximum absolute atomic E-state index is 13.0. The second-order valence-corrected chi connectivity index (χ2v) is 17.4. The summed E-state index contributed by atoms with van der Waals surface area (Å²) in [5, 5.41) is 3.41. The van der Waals surface area contributed by atoms with Gasteiger partial charge in [0.25, 0.3) is 0 Å². The number of hydrogen-bond donors (Lipinski definition) is 3. The number of fused-ring (bicyclic) bond motifs is 5. The summed E-state index contributed by atoms with van der Waals surface area (Å²) in [6.45, 7) is 14.7. The van der Waals surface area contributed by atoms with Crippen LogP contribution in [0.3, 0.4) is 0 Å². The molecule has 0 bridgehead atoms. The lowest BCUT2D eigenvalue weighted by atomic mass is 9.47. The lowest BCUT2D eigenvalue weighted by Crippen LogP contribution is -2.50. The molecule has 5 N–H and O–H groups in total. The minimum atomic E-state index is -0.0868. The summed E-state index contributed by atoms with van der Waals surface area (Å²) in [6.07, 6.45) is 24.4. The summed E-state index contributed by atoms with van der Waals surface area (Å²) < 4.78 is 6.09. The number of nitrogens with zero attached hydrogens (tertiary/aromatic N) is 1. The highest BCUT2D eigenvalue weighted by molar-refractivity contribution is 5.76. The van der Waals surface area contributed by atoms with Crippen LogP contribution in [0.25, 0.3) is 0 Å². The van der Waals surface area contributed by atoms with Crippen molar-refractivity contribution in [3.05, 3.63) is 11.6 Å². The van der Waals surface area contributed by atoms with Crippen molar-refractivity contribution in [2.24, 2.45) is 51.9 Å². The standard InChI is InChI=1S/C42H76N4O3/c1-32(2)13-5-6-14-33-18-20-37-36-19-17-34-31-35(21-23-42(34,4)38(36)22-24-41(33,37)3)49-40(48)16-8-7-15-39(47)46(30-12-26-44)29-10-9-27-45-28-11-25-43/h17,32-33,35-38,45H,5-16,18-31,43-44H2,1-4H3. The molecule has 1 amide bonds. The summed E-state index contributed by atoms with van der Waals surface area (Å²) in [4.78, 5) is 27.9. The van der Waals surface area contributed by atoms with Crippen LogP contribution < -0.4 is 16.8 Å². The molecule has 0 radical (unpaired) electrons. The summed E-state index contributed by atoms with van der Waals surface area (Å²) in [5.74, 6) is 4.38. The van der Waals surface area contributed by atoms with Crippen molar-refractivity contribution >= 4 is 11.9 Å². The molecule has 4 rings (SSSR count). The maximum Gasteiger partial charge on any atom is 0.306 e. The number of carbonyl (C=O) groups is 2. The maximum atomic E-state index is 13.0. The van der Waals surface area contributed by atoms with Crippen molar-refractivity contribution in [1.82, 2.24) is 10.2 Å². The van der Waals surface area contributed by atoms with Gasteiger partial charge in [0.05, 0.1) is 0 Å². The normalized spacial score (nSPS) is 30.8. The van der Waals surface area contributed by atoms with Crippen molar-refractivity contribution in [2.75, 3.05) is 39.3 Å². The average Bonchev–Trinajstić information content (AvgIpc) is 3.42. The number of ether oxygens (including phenoxy) is 1. The second kappa shape index (κ2) is 20.0. The van der Waals surface area contributed by atoms with E-state index < -0.39 is 0 Å². The topological polar surface area (TPSA) is 111 Å². The van der Waals surface area contributed by atoms with Crippen LogP contribution >= 0.6 is 0 Å². The van der Waals surface area contributed by atoms with E-state index in [2.05, 4.69) is 39.1 Å². The minimum absolute atomic E-state index is 0.0112. The van der Waals surface area contributed by atoms with Gasteiger partial charge < -0.3 is 26.4 Å². The van der Waals surface area contributed by atoms with Crippen LogP contribution in [0, 0.1) is 40.4 Å². The van der Waals surface area contributed by atoms with Crippen LogP contribution in [-0.4, -0.2) is 62.1 Å². The summed E-state index contributed by atoms with van der Waals surface area (Å²) in [5.41, 5.74) is 13.7. The van der Waals surface area contributed by atoms with E-state index in [1.807, 2.05) is 4.90 Å². The van der Waals surface area contributed by atoms with Crippen molar-refractivity contribution in [2.45, 2.75) is 162 Å². The fourth-order valence-electron chi connectivity index (χ4n) is 10.8. The fourth-order valence-corrected chi connectivity index (χ4v) is 10.8. The lowest BCUT2D eigenvalue weighted by molar-refractivity contribution is -0.151. The molecule has 7 unspecified atom stereocenters. The van der Waals surface area contributed by atoms with E-state index in [9.17, 15) is 9.59 Å². The van der Waals surface area contributed by atoms with E-state index >= 15 is 0 Å². The van der Waals surface area contributed by atoms with E-state index in [0.29, 0.717) is 37.8 Å². The highest BCUT2D eigenvalue weighted by Gasteiger charge is 2.58. The molecule has 0 heterocycles. The molecule has 4 aliphatic rings. The zero-order valence-electron chi connectivity index (χ0n) is 32.3. The molecular formula is C42H76N4O3. The van der Waals surface area contributed by atoms with Gasteiger partial charge in [-0.15, -0.1) is 0 Å². The van der Waals surface area contributed by atoms with Crippen LogP contribution in [-0.2, 0) is 14.3 Å². The number of esters is 1. The summed E-state index contributed by atoms with van der Waals surface area (Å²) in [7, 11) is 0. The molecule has 3 saturated carbocycles. The Bertz CT molecular complexity index is 1050. The molecule has 7 heteroatoms. The van der Waals surface area contributed by atoms with Gasteiger partial charge in [-0.1, -0.05) is 58.6 Å². The molecule has 7 nitrogen and oxygen atoms in total. The first kappa shape index (κ1) is 40.3. The third-order valence-corrected chi connectivity index (χ3v) is 13.7. The average molecular weight is 685 g/mol. The van der Waals surface area contributed by atoms with Crippen molar-refractivity contribution in [3.8, 4) is 0 Å². The van der Waals surface area contributed by atoms with Gasteiger partial charge in [0.15, 0.2) is 0 Å². The second-order valence-electron chi connectivity index (χ2n) is 17.4. The fraction of sp³-hybridized carbons (Fsp3) is 0.905. The number of nitrogens with one attached hydrogen (secondary N) is 1. The van der Waals surface area contributed by atoms with Crippen molar-refractivity contribution in [3.63, 3.8) is 0 Å². The van der Waals surface area contributed by atoms with Crippen molar-refractivity contribution in [1.29, 1.82) is 0 Å². The van der Waals surface area contributed by atoms with Gasteiger partial charge in [-0.2, -0.15) is 0 Å². The van der Waals surface area contributed by atoms with E-state index in [1.54, 1.807) is 5.57 Å². The van der Waals surface area contributed by atoms with Crippen LogP contribution in [0.4, 0.5) is 0 Å². The number of carbonyl (C=O) groups excluding carboxylic acids is 2. The quantitative estimate of drug-likeness (QED) is 0.0603. The van der Waals surface area contributed by atoms with E-state index in [4.69, 9.17) is 16.2 Å². The largest absolute Gasteiger partial charge is 0.462 e. The Balaban J connectivity index is 1.17. The summed E-state index contributed by atoms with van der Waals surface area (Å²) >= 11 is 0. The van der Waals surface area contributed by atoms with Crippen LogP contribution in [0.2, 0.25) is 0 Å². The molecule has 49 heavy (non-hydrogen) atoms. The molecule has 0 aliphatic heterocycles. The first-order chi connectivity index (χ1) is 23.6. The van der Waals surface area contributed by atoms with Crippen molar-refractivity contribution < 1.29 is 14.3 Å². The molecule has 0 aromatic carbocycles. The molecular weight excluding hydrogens is 608 g/mol. The molecule has 282 valence electrons. The molecule has 0 saturated heterocycles. The predicted octanol–water partition coefficient (Wildman–Crippen LogP) is 8.15. The van der Waals surface area contributed by atoms with Gasteiger partial charge in [-0.05, 0) is 156 Å². The molecule has 0 aromatic rings. The van der Waals surface area contributed by atoms with Gasteiger partial charge in [-0.25, -0.2) is 0 Å². The Hall–Kier alpha value is -1.44. The smallest absolute Gasteiger partial charge is 0.306 e. The number of amides is 1. The molecule has 0 aromatic heterocycles. The van der Waals surface area contributed by atoms with Gasteiger partial charge in [0, 0.05) is 32.4 Å². The summed E-state index contributed by atoms with van der Waals surface area (Å²) in [6, 6.07) is 0. The number of hydrogen-bond acceptors (Lipinski definition) is 6. The Morgan fingerprint density at radius 3 is 2.41 bits per heavy atom. The zero-order chi connectivity index (χ0) is 35.3. The highest BCUT2D eigenvalue weighted by atomic mass is 16.5. The van der Waals surface area contributed by atoms with Gasteiger partial charge in [0.1, 0.15) is 6.10 Å². The highest BCUT2D eigenvalue weighted by Crippen LogP contribution is 2.66. The third-order valence-electron chi connectivity index (χ3n) is 13.7. The SMILES string of the molecule is CC(C)CCCCC1CCC2C3CC=C4CC(OC(=O)CCCCC(=O)N(CCCN)CCCCNCCCN)CCC4(C)C3CCC12C. The monoisotopic (exact) mass is 685 g/mol. The van der Waals surface area contributed by atoms with E-state index in [0.717, 1.165) is 107 Å². The molecule has 4 aliphatic carbocycles. The Morgan fingerprint density at radius 1 is 0.878 bits per heavy atom. The first-order valence-electron chi connectivity index (χ1n) is 20.9. The molecule has 0 spiro atoms. The lowest BCUT2D eigenvalue weighted by Gasteiger charge is -2.58. The zero-order valence-corrected chi connectivity index (χ0v) is 32.3. The molecule has 3 fully saturated rings. The van der Waals surface area contributed by atoms with Crippen LogP contribution in [0.15, 0.2) is 11.6 Å². The van der Waals surface area contributed by atoms with Crippen LogP contribution in [0.5, 0.6) is 0 Å². The number of nitrogens with two attached hydrogens (primary N) is 2. The minimum Gasteiger partial charge on any atom is -0.462 e. The Morgan fingerprint density at radius 2 is 1.63 bits per heavy atom.